The smallest absolute Gasteiger partial charge is 0.462 e. The molecule has 19 heteroatoms. The van der Waals surface area contributed by atoms with Crippen molar-refractivity contribution in [3.63, 3.8) is 0 Å². The van der Waals surface area contributed by atoms with Gasteiger partial charge in [0, 0.05) is 25.7 Å². The zero-order chi connectivity index (χ0) is 62.8. The van der Waals surface area contributed by atoms with Gasteiger partial charge in [0.15, 0.2) is 12.2 Å². The summed E-state index contributed by atoms with van der Waals surface area (Å²) in [6.45, 7) is 7.05. The summed E-state index contributed by atoms with van der Waals surface area (Å²) >= 11 is 0. The lowest BCUT2D eigenvalue weighted by Gasteiger charge is -2.21. The Morgan fingerprint density at radius 3 is 0.965 bits per heavy atom. The number of carbonyl (C=O) groups excluding carboxylic acids is 4. The van der Waals surface area contributed by atoms with E-state index in [2.05, 4.69) is 58.9 Å². The van der Waals surface area contributed by atoms with Crippen molar-refractivity contribution in [3.05, 3.63) is 24.3 Å². The molecule has 85 heavy (non-hydrogen) atoms. The van der Waals surface area contributed by atoms with Crippen LogP contribution in [0.5, 0.6) is 0 Å². The molecule has 0 amide bonds. The van der Waals surface area contributed by atoms with Gasteiger partial charge in [-0.1, -0.05) is 258 Å². The number of carbonyl (C=O) groups is 4. The molecule has 3 N–H and O–H groups in total. The summed E-state index contributed by atoms with van der Waals surface area (Å²) in [6, 6.07) is 0. The SMILES string of the molecule is CCCCCC/C=C\C=C/CCCCCCCC(=O)O[C@H](COC(=O)CCCCCCCCCCCCC(C)C)COP(=O)(O)OC[C@@H](O)COP(=O)(O)OC[C@@H](COC(=O)CCCCCCC)OC(=O)CCCCCCCCCCCCCC. The molecule has 0 fully saturated rings. The summed E-state index contributed by atoms with van der Waals surface area (Å²) < 4.78 is 67.9. The zero-order valence-corrected chi connectivity index (χ0v) is 56.0. The van der Waals surface area contributed by atoms with Crippen LogP contribution in [0.4, 0.5) is 0 Å². The third-order valence-corrected chi connectivity index (χ3v) is 16.6. The number of phosphoric acid groups is 2. The van der Waals surface area contributed by atoms with Gasteiger partial charge in [-0.05, 0) is 57.3 Å². The van der Waals surface area contributed by atoms with Gasteiger partial charge in [0.25, 0.3) is 0 Å². The Kier molecular flexibility index (Phi) is 57.5. The molecular formula is C66H124O17P2. The zero-order valence-electron chi connectivity index (χ0n) is 54.2. The van der Waals surface area contributed by atoms with Crippen molar-refractivity contribution in [1.29, 1.82) is 0 Å². The third kappa shape index (κ3) is 60.2. The Morgan fingerprint density at radius 2 is 0.635 bits per heavy atom. The monoisotopic (exact) mass is 1250 g/mol. The quantitative estimate of drug-likeness (QED) is 0.0169. The van der Waals surface area contributed by atoms with Crippen LogP contribution in [-0.4, -0.2) is 96.7 Å². The van der Waals surface area contributed by atoms with E-state index in [1.165, 1.54) is 116 Å². The summed E-state index contributed by atoms with van der Waals surface area (Å²) in [5.74, 6) is -1.41. The second kappa shape index (κ2) is 59.2. The molecule has 0 aliphatic carbocycles. The minimum atomic E-state index is -4.95. The maximum atomic E-state index is 13.0. The van der Waals surface area contributed by atoms with Crippen molar-refractivity contribution >= 4 is 39.5 Å². The van der Waals surface area contributed by atoms with Crippen molar-refractivity contribution < 1.29 is 80.2 Å². The number of aliphatic hydroxyl groups is 1. The van der Waals surface area contributed by atoms with Gasteiger partial charge in [0.05, 0.1) is 26.4 Å². The highest BCUT2D eigenvalue weighted by molar-refractivity contribution is 7.47. The van der Waals surface area contributed by atoms with Crippen LogP contribution in [-0.2, 0) is 65.4 Å². The molecule has 0 aromatic rings. The Bertz CT molecular complexity index is 1740. The molecule has 0 radical (unpaired) electrons. The van der Waals surface area contributed by atoms with Crippen molar-refractivity contribution in [1.82, 2.24) is 0 Å². The summed E-state index contributed by atoms with van der Waals surface area (Å²) in [7, 11) is -9.89. The number of hydrogen-bond donors (Lipinski definition) is 3. The maximum Gasteiger partial charge on any atom is 0.472 e. The summed E-state index contributed by atoms with van der Waals surface area (Å²) in [4.78, 5) is 72.1. The van der Waals surface area contributed by atoms with E-state index < -0.39 is 97.5 Å². The normalized spacial score (nSPS) is 14.4. The van der Waals surface area contributed by atoms with E-state index in [0.29, 0.717) is 25.7 Å². The largest absolute Gasteiger partial charge is 0.472 e. The number of phosphoric ester groups is 2. The molecule has 17 nitrogen and oxygen atoms in total. The molecule has 0 aromatic carbocycles. The number of rotatable bonds is 64. The van der Waals surface area contributed by atoms with Crippen LogP contribution in [0.2, 0.25) is 0 Å². The first-order chi connectivity index (χ1) is 41.0. The number of aliphatic hydroxyl groups excluding tert-OH is 1. The Balaban J connectivity index is 5.21. The fraction of sp³-hybridized carbons (Fsp3) is 0.879. The Hall–Kier alpha value is -2.46. The van der Waals surface area contributed by atoms with Crippen LogP contribution in [0.25, 0.3) is 0 Å². The highest BCUT2D eigenvalue weighted by Gasteiger charge is 2.30. The average molecular weight is 1250 g/mol. The molecular weight excluding hydrogens is 1130 g/mol. The van der Waals surface area contributed by atoms with Crippen LogP contribution in [0, 0.1) is 5.92 Å². The van der Waals surface area contributed by atoms with E-state index >= 15 is 0 Å². The molecule has 0 bridgehead atoms. The summed E-state index contributed by atoms with van der Waals surface area (Å²) in [6.07, 6.45) is 46.9. The van der Waals surface area contributed by atoms with Gasteiger partial charge in [-0.25, -0.2) is 9.13 Å². The predicted molar refractivity (Wildman–Crippen MR) is 340 cm³/mol. The van der Waals surface area contributed by atoms with Gasteiger partial charge in [-0.2, -0.15) is 0 Å². The first-order valence-corrected chi connectivity index (χ1v) is 36.9. The lowest BCUT2D eigenvalue weighted by molar-refractivity contribution is -0.161. The Labute approximate surface area is 516 Å². The highest BCUT2D eigenvalue weighted by Crippen LogP contribution is 2.45. The second-order valence-corrected chi connectivity index (χ2v) is 26.6. The molecule has 500 valence electrons. The molecule has 0 spiro atoms. The van der Waals surface area contributed by atoms with E-state index in [4.69, 9.17) is 37.0 Å². The van der Waals surface area contributed by atoms with Gasteiger partial charge in [-0.3, -0.25) is 37.3 Å². The Morgan fingerprint density at radius 1 is 0.365 bits per heavy atom. The van der Waals surface area contributed by atoms with E-state index in [1.54, 1.807) is 0 Å². The molecule has 0 saturated carbocycles. The van der Waals surface area contributed by atoms with Gasteiger partial charge < -0.3 is 33.8 Å². The van der Waals surface area contributed by atoms with Crippen LogP contribution < -0.4 is 0 Å². The van der Waals surface area contributed by atoms with Crippen LogP contribution >= 0.6 is 15.6 Å². The van der Waals surface area contributed by atoms with E-state index in [9.17, 15) is 43.2 Å². The van der Waals surface area contributed by atoms with Crippen LogP contribution in [0.15, 0.2) is 24.3 Å². The topological polar surface area (TPSA) is 237 Å². The molecule has 0 saturated heterocycles. The molecule has 0 aromatic heterocycles. The van der Waals surface area contributed by atoms with Crippen molar-refractivity contribution in [3.8, 4) is 0 Å². The van der Waals surface area contributed by atoms with Crippen molar-refractivity contribution in [2.24, 2.45) is 5.92 Å². The number of esters is 4. The summed E-state index contributed by atoms with van der Waals surface area (Å²) in [5, 5.41) is 10.5. The standard InChI is InChI=1S/C66H124O17P2/c1-6-9-12-15-17-19-21-23-24-25-27-33-37-42-47-52-66(71)83-62(56-77-64(69)50-45-40-35-31-29-28-30-34-39-43-48-59(4)5)58-81-85(74,75)79-54-60(67)53-78-84(72,73)80-57-61(55-76-63(68)49-44-38-14-11-8-3)82-65(70)51-46-41-36-32-26-22-20-18-16-13-10-7-2/h19,21,23-24,59-62,67H,6-18,20,22,25-58H2,1-5H3,(H,72,73)(H,74,75)/b21-19-,24-23-/t60-,61+,62+/m0/s1. The van der Waals surface area contributed by atoms with E-state index in [-0.39, 0.29) is 25.7 Å². The number of hydrogen-bond acceptors (Lipinski definition) is 15. The highest BCUT2D eigenvalue weighted by atomic mass is 31.2. The molecule has 5 atom stereocenters. The minimum Gasteiger partial charge on any atom is -0.462 e. The average Bonchev–Trinajstić information content (AvgIpc) is 3.55. The molecule has 0 aliphatic heterocycles. The fourth-order valence-electron chi connectivity index (χ4n) is 9.40. The van der Waals surface area contributed by atoms with Crippen LogP contribution in [0.1, 0.15) is 311 Å². The van der Waals surface area contributed by atoms with Crippen LogP contribution in [0.3, 0.4) is 0 Å². The van der Waals surface area contributed by atoms with Crippen molar-refractivity contribution in [2.75, 3.05) is 39.6 Å². The predicted octanol–water partition coefficient (Wildman–Crippen LogP) is 18.1. The van der Waals surface area contributed by atoms with Gasteiger partial charge in [-0.15, -0.1) is 0 Å². The minimum absolute atomic E-state index is 0.0848. The molecule has 0 rings (SSSR count). The molecule has 2 unspecified atom stereocenters. The number of ether oxygens (including phenoxy) is 4. The third-order valence-electron chi connectivity index (χ3n) is 14.7. The van der Waals surface area contributed by atoms with Gasteiger partial charge >= 0.3 is 39.5 Å². The molecule has 0 aliphatic rings. The first-order valence-electron chi connectivity index (χ1n) is 34.0. The molecule has 0 heterocycles. The number of allylic oxidation sites excluding steroid dienone is 4. The van der Waals surface area contributed by atoms with E-state index in [1.807, 2.05) is 0 Å². The first kappa shape index (κ1) is 82.5. The lowest BCUT2D eigenvalue weighted by Crippen LogP contribution is -2.30. The fourth-order valence-corrected chi connectivity index (χ4v) is 11.0. The second-order valence-electron chi connectivity index (χ2n) is 23.6. The number of unbranched alkanes of at least 4 members (excludes halogenated alkanes) is 33. The van der Waals surface area contributed by atoms with E-state index in [0.717, 1.165) is 115 Å². The van der Waals surface area contributed by atoms with Crippen molar-refractivity contribution in [2.45, 2.75) is 329 Å². The lowest BCUT2D eigenvalue weighted by atomic mass is 10.0. The summed E-state index contributed by atoms with van der Waals surface area (Å²) in [5.41, 5.74) is 0. The van der Waals surface area contributed by atoms with Gasteiger partial charge in [0.1, 0.15) is 19.3 Å². The van der Waals surface area contributed by atoms with Gasteiger partial charge in [0.2, 0.25) is 0 Å². The maximum absolute atomic E-state index is 13.0.